The molecule has 0 spiro atoms. The van der Waals surface area contributed by atoms with Crippen LogP contribution in [-0.2, 0) is 0 Å². The molecule has 2 heterocycles. The van der Waals surface area contributed by atoms with Crippen LogP contribution in [0.4, 0.5) is 5.82 Å². The molecule has 1 atom stereocenters. The molecule has 1 N–H and O–H groups in total. The minimum absolute atomic E-state index is 0.463. The van der Waals surface area contributed by atoms with E-state index in [1.54, 1.807) is 6.33 Å². The Morgan fingerprint density at radius 1 is 1.44 bits per heavy atom. The Bertz CT molecular complexity index is 376. The number of anilines is 1. The number of hydrogen-bond acceptors (Lipinski definition) is 4. The molecule has 1 aliphatic rings. The van der Waals surface area contributed by atoms with E-state index < -0.39 is 0 Å². The summed E-state index contributed by atoms with van der Waals surface area (Å²) < 4.78 is 0. The average molecular weight is 248 g/mol. The Labute approximate surface area is 110 Å². The average Bonchev–Trinajstić information content (AvgIpc) is 2.39. The second-order valence-electron chi connectivity index (χ2n) is 5.47. The van der Waals surface area contributed by atoms with Crippen molar-refractivity contribution >= 4 is 5.82 Å². The molecule has 4 nitrogen and oxygen atoms in total. The van der Waals surface area contributed by atoms with Gasteiger partial charge >= 0.3 is 0 Å². The molecule has 0 saturated carbocycles. The summed E-state index contributed by atoms with van der Waals surface area (Å²) in [6.07, 6.45) is 4.28. The Morgan fingerprint density at radius 2 is 2.28 bits per heavy atom. The van der Waals surface area contributed by atoms with Crippen molar-refractivity contribution in [2.75, 3.05) is 31.6 Å². The van der Waals surface area contributed by atoms with E-state index in [1.165, 1.54) is 12.8 Å². The lowest BCUT2D eigenvalue weighted by atomic mass is 9.98. The van der Waals surface area contributed by atoms with Gasteiger partial charge in [-0.2, -0.15) is 0 Å². The van der Waals surface area contributed by atoms with E-state index in [4.69, 9.17) is 0 Å². The summed E-state index contributed by atoms with van der Waals surface area (Å²) in [5.41, 5.74) is 1.13. The zero-order valence-electron chi connectivity index (χ0n) is 11.7. The summed E-state index contributed by atoms with van der Waals surface area (Å²) >= 11 is 0. The summed E-state index contributed by atoms with van der Waals surface area (Å²) in [6, 6.07) is 2.15. The predicted octanol–water partition coefficient (Wildman–Crippen LogP) is 2.04. The lowest BCUT2D eigenvalue weighted by Gasteiger charge is -2.33. The Balaban J connectivity index is 2.08. The van der Waals surface area contributed by atoms with Crippen LogP contribution in [0.2, 0.25) is 0 Å². The quantitative estimate of drug-likeness (QED) is 0.885. The van der Waals surface area contributed by atoms with Gasteiger partial charge in [-0.3, -0.25) is 0 Å². The largest absolute Gasteiger partial charge is 0.356 e. The fourth-order valence-electron chi connectivity index (χ4n) is 2.58. The molecule has 1 aliphatic heterocycles. The number of hydrogen-bond donors (Lipinski definition) is 1. The fraction of sp³-hybridized carbons (Fsp3) is 0.714. The van der Waals surface area contributed by atoms with Gasteiger partial charge in [0, 0.05) is 24.8 Å². The van der Waals surface area contributed by atoms with Gasteiger partial charge in [-0.1, -0.05) is 13.8 Å². The molecule has 1 aromatic heterocycles. The minimum Gasteiger partial charge on any atom is -0.356 e. The first-order valence-electron chi connectivity index (χ1n) is 6.92. The van der Waals surface area contributed by atoms with Crippen molar-refractivity contribution in [1.82, 2.24) is 15.3 Å². The van der Waals surface area contributed by atoms with Crippen molar-refractivity contribution in [2.45, 2.75) is 32.6 Å². The van der Waals surface area contributed by atoms with Gasteiger partial charge in [-0.05, 0) is 38.3 Å². The highest BCUT2D eigenvalue weighted by molar-refractivity contribution is 5.40. The molecule has 0 bridgehead atoms. The first-order valence-corrected chi connectivity index (χ1v) is 6.92. The van der Waals surface area contributed by atoms with Crippen molar-refractivity contribution in [2.24, 2.45) is 5.92 Å². The van der Waals surface area contributed by atoms with Crippen LogP contribution in [0, 0.1) is 5.92 Å². The van der Waals surface area contributed by atoms with E-state index in [1.807, 2.05) is 7.05 Å². The van der Waals surface area contributed by atoms with Gasteiger partial charge in [-0.25, -0.2) is 9.97 Å². The third kappa shape index (κ3) is 3.19. The predicted molar refractivity (Wildman–Crippen MR) is 75.0 cm³/mol. The maximum absolute atomic E-state index is 4.43. The van der Waals surface area contributed by atoms with Crippen LogP contribution in [0.1, 0.15) is 38.3 Å². The monoisotopic (exact) mass is 248 g/mol. The van der Waals surface area contributed by atoms with Crippen molar-refractivity contribution < 1.29 is 0 Å². The van der Waals surface area contributed by atoms with Crippen LogP contribution in [0.3, 0.4) is 0 Å². The second kappa shape index (κ2) is 6.14. The number of rotatable bonds is 4. The van der Waals surface area contributed by atoms with Gasteiger partial charge in [0.2, 0.25) is 0 Å². The summed E-state index contributed by atoms with van der Waals surface area (Å²) in [5, 5.41) is 3.28. The molecule has 1 unspecified atom stereocenters. The molecule has 0 amide bonds. The smallest absolute Gasteiger partial charge is 0.132 e. The normalized spacial score (nSPS) is 20.4. The minimum atomic E-state index is 0.463. The molecule has 100 valence electrons. The standard InChI is InChI=1S/C14H24N4/c1-11(2)13-7-14(17-10-16-13)18-6-4-5-12(9-18)8-15-3/h7,10-12,15H,4-6,8-9H2,1-3H3. The van der Waals surface area contributed by atoms with Crippen molar-refractivity contribution in [1.29, 1.82) is 0 Å². The molecule has 1 aromatic rings. The molecule has 0 aromatic carbocycles. The number of piperidine rings is 1. The maximum Gasteiger partial charge on any atom is 0.132 e. The van der Waals surface area contributed by atoms with Crippen molar-refractivity contribution in [3.8, 4) is 0 Å². The molecule has 1 fully saturated rings. The van der Waals surface area contributed by atoms with Gasteiger partial charge in [0.05, 0.1) is 0 Å². The van der Waals surface area contributed by atoms with E-state index in [9.17, 15) is 0 Å². The van der Waals surface area contributed by atoms with Crippen LogP contribution in [0.15, 0.2) is 12.4 Å². The van der Waals surface area contributed by atoms with Crippen molar-refractivity contribution in [3.63, 3.8) is 0 Å². The molecular formula is C14H24N4. The topological polar surface area (TPSA) is 41.0 Å². The van der Waals surface area contributed by atoms with Crippen LogP contribution < -0.4 is 10.2 Å². The first kappa shape index (κ1) is 13.3. The zero-order valence-corrected chi connectivity index (χ0v) is 11.7. The highest BCUT2D eigenvalue weighted by Crippen LogP contribution is 2.23. The highest BCUT2D eigenvalue weighted by Gasteiger charge is 2.20. The number of nitrogens with one attached hydrogen (secondary N) is 1. The van der Waals surface area contributed by atoms with Gasteiger partial charge in [0.25, 0.3) is 0 Å². The van der Waals surface area contributed by atoms with Gasteiger partial charge < -0.3 is 10.2 Å². The van der Waals surface area contributed by atoms with Crippen LogP contribution in [0.5, 0.6) is 0 Å². The first-order chi connectivity index (χ1) is 8.70. The van der Waals surface area contributed by atoms with Gasteiger partial charge in [0.1, 0.15) is 12.1 Å². The molecular weight excluding hydrogens is 224 g/mol. The summed E-state index contributed by atoms with van der Waals surface area (Å²) in [7, 11) is 2.03. The SMILES string of the molecule is CNCC1CCCN(c2cc(C(C)C)ncn2)C1. The van der Waals surface area contributed by atoms with Crippen molar-refractivity contribution in [3.05, 3.63) is 18.1 Å². The van der Waals surface area contributed by atoms with E-state index in [0.29, 0.717) is 5.92 Å². The van der Waals surface area contributed by atoms with E-state index >= 15 is 0 Å². The van der Waals surface area contributed by atoms with Gasteiger partial charge in [-0.15, -0.1) is 0 Å². The summed E-state index contributed by atoms with van der Waals surface area (Å²) in [4.78, 5) is 11.2. The maximum atomic E-state index is 4.43. The molecule has 1 saturated heterocycles. The Morgan fingerprint density at radius 3 is 3.00 bits per heavy atom. The lowest BCUT2D eigenvalue weighted by molar-refractivity contribution is 0.401. The van der Waals surface area contributed by atoms with Crippen LogP contribution >= 0.6 is 0 Å². The summed E-state index contributed by atoms with van der Waals surface area (Å²) in [6.45, 7) is 7.67. The molecule has 0 radical (unpaired) electrons. The molecule has 0 aliphatic carbocycles. The number of nitrogens with zero attached hydrogens (tertiary/aromatic N) is 3. The van der Waals surface area contributed by atoms with Gasteiger partial charge in [0.15, 0.2) is 0 Å². The third-order valence-corrected chi connectivity index (χ3v) is 3.60. The third-order valence-electron chi connectivity index (χ3n) is 3.60. The lowest BCUT2D eigenvalue weighted by Crippen LogP contribution is -2.39. The number of aromatic nitrogens is 2. The van der Waals surface area contributed by atoms with E-state index in [2.05, 4.69) is 40.1 Å². The van der Waals surface area contributed by atoms with E-state index in [-0.39, 0.29) is 0 Å². The highest BCUT2D eigenvalue weighted by atomic mass is 15.2. The zero-order chi connectivity index (χ0) is 13.0. The fourth-order valence-corrected chi connectivity index (χ4v) is 2.58. The van der Waals surface area contributed by atoms with Crippen LogP contribution in [-0.4, -0.2) is 36.6 Å². The molecule has 18 heavy (non-hydrogen) atoms. The Kier molecular flexibility index (Phi) is 4.53. The van der Waals surface area contributed by atoms with E-state index in [0.717, 1.165) is 37.1 Å². The van der Waals surface area contributed by atoms with Crippen LogP contribution in [0.25, 0.3) is 0 Å². The molecule has 2 rings (SSSR count). The Hall–Kier alpha value is -1.16. The molecule has 4 heteroatoms. The second-order valence-corrected chi connectivity index (χ2v) is 5.47. The summed E-state index contributed by atoms with van der Waals surface area (Å²) in [5.74, 6) is 2.29.